The van der Waals surface area contributed by atoms with Gasteiger partial charge in [0.25, 0.3) is 0 Å². The lowest BCUT2D eigenvalue weighted by Crippen LogP contribution is -2.07. The van der Waals surface area contributed by atoms with Crippen LogP contribution in [0.4, 0.5) is 0 Å². The van der Waals surface area contributed by atoms with E-state index in [2.05, 4.69) is 67.7 Å². The van der Waals surface area contributed by atoms with Gasteiger partial charge in [-0.2, -0.15) is 15.3 Å². The average molecular weight is 340 g/mol. The minimum atomic E-state index is 0.883. The molecule has 0 radical (unpaired) electrons. The van der Waals surface area contributed by atoms with Crippen LogP contribution in [-0.2, 0) is 25.9 Å². The fourth-order valence-electron chi connectivity index (χ4n) is 3.43. The summed E-state index contributed by atoms with van der Waals surface area (Å²) < 4.78 is 4.18. The molecule has 6 heteroatoms. The fraction of sp³-hybridized carbons (Fsp3) is 0.526. The van der Waals surface area contributed by atoms with Gasteiger partial charge in [0, 0.05) is 30.7 Å². The van der Waals surface area contributed by atoms with E-state index in [1.165, 1.54) is 22.4 Å². The lowest BCUT2D eigenvalue weighted by Gasteiger charge is -2.06. The van der Waals surface area contributed by atoms with E-state index >= 15 is 0 Å². The second-order valence-corrected chi connectivity index (χ2v) is 6.95. The first kappa shape index (κ1) is 17.5. The summed E-state index contributed by atoms with van der Waals surface area (Å²) in [6.07, 6.45) is 4.03. The Bertz CT molecular complexity index is 841. The first-order valence-electron chi connectivity index (χ1n) is 8.90. The van der Waals surface area contributed by atoms with Gasteiger partial charge >= 0.3 is 0 Å². The molecule has 0 bridgehead atoms. The Morgan fingerprint density at radius 3 is 2.16 bits per heavy atom. The quantitative estimate of drug-likeness (QED) is 0.750. The van der Waals surface area contributed by atoms with Crippen molar-refractivity contribution in [1.82, 2.24) is 29.8 Å². The van der Waals surface area contributed by atoms with Gasteiger partial charge in [0.2, 0.25) is 0 Å². The van der Waals surface area contributed by atoms with Crippen LogP contribution in [0.15, 0.2) is 6.20 Å². The number of nitrogens with one attached hydrogen (secondary N) is 1. The van der Waals surface area contributed by atoms with E-state index in [0.29, 0.717) is 0 Å². The highest BCUT2D eigenvalue weighted by Crippen LogP contribution is 2.17. The SMILES string of the molecule is Cc1cn(CCc2c(C)nn(CCc3c(C)n[nH]c3C)c2C)nc1C. The van der Waals surface area contributed by atoms with E-state index < -0.39 is 0 Å². The fourth-order valence-corrected chi connectivity index (χ4v) is 3.43. The van der Waals surface area contributed by atoms with Gasteiger partial charge in [-0.3, -0.25) is 14.5 Å². The molecule has 1 N–H and O–H groups in total. The molecule has 3 heterocycles. The normalized spacial score (nSPS) is 11.4. The number of hydrogen-bond donors (Lipinski definition) is 1. The number of aryl methyl sites for hydroxylation is 7. The second-order valence-electron chi connectivity index (χ2n) is 6.95. The van der Waals surface area contributed by atoms with E-state index in [9.17, 15) is 0 Å². The second kappa shape index (κ2) is 6.86. The van der Waals surface area contributed by atoms with Crippen LogP contribution in [0.25, 0.3) is 0 Å². The zero-order valence-corrected chi connectivity index (χ0v) is 16.1. The molecule has 0 aromatic carbocycles. The van der Waals surface area contributed by atoms with Gasteiger partial charge in [0.1, 0.15) is 0 Å². The van der Waals surface area contributed by atoms with Gasteiger partial charge in [-0.05, 0) is 71.1 Å². The lowest BCUT2D eigenvalue weighted by atomic mass is 10.1. The maximum atomic E-state index is 4.76. The van der Waals surface area contributed by atoms with Crippen molar-refractivity contribution in [3.8, 4) is 0 Å². The number of rotatable bonds is 6. The Kier molecular flexibility index (Phi) is 4.79. The smallest absolute Gasteiger partial charge is 0.0629 e. The largest absolute Gasteiger partial charge is 0.282 e. The first-order chi connectivity index (χ1) is 11.9. The molecule has 25 heavy (non-hydrogen) atoms. The van der Waals surface area contributed by atoms with Crippen molar-refractivity contribution >= 4 is 0 Å². The van der Waals surface area contributed by atoms with Crippen LogP contribution in [0.3, 0.4) is 0 Å². The van der Waals surface area contributed by atoms with Crippen LogP contribution < -0.4 is 0 Å². The topological polar surface area (TPSA) is 64.3 Å². The van der Waals surface area contributed by atoms with Crippen LogP contribution >= 0.6 is 0 Å². The molecule has 0 amide bonds. The molecule has 0 aliphatic rings. The highest BCUT2D eigenvalue weighted by molar-refractivity contribution is 5.26. The maximum absolute atomic E-state index is 4.76. The summed E-state index contributed by atoms with van der Waals surface area (Å²) in [6.45, 7) is 14.3. The zero-order chi connectivity index (χ0) is 18.1. The van der Waals surface area contributed by atoms with Gasteiger partial charge in [-0.1, -0.05) is 0 Å². The van der Waals surface area contributed by atoms with Crippen molar-refractivity contribution in [2.75, 3.05) is 0 Å². The third kappa shape index (κ3) is 3.52. The monoisotopic (exact) mass is 340 g/mol. The Morgan fingerprint density at radius 2 is 1.56 bits per heavy atom. The number of H-pyrrole nitrogens is 1. The Morgan fingerprint density at radius 1 is 0.840 bits per heavy atom. The molecule has 3 rings (SSSR count). The van der Waals surface area contributed by atoms with Crippen LogP contribution in [0.2, 0.25) is 0 Å². The van der Waals surface area contributed by atoms with Gasteiger partial charge in [-0.15, -0.1) is 0 Å². The van der Waals surface area contributed by atoms with Gasteiger partial charge in [-0.25, -0.2) is 0 Å². The Labute approximate surface area is 149 Å². The van der Waals surface area contributed by atoms with E-state index in [1.807, 2.05) is 4.68 Å². The molecule has 0 atom stereocenters. The van der Waals surface area contributed by atoms with Crippen LogP contribution in [0.5, 0.6) is 0 Å². The number of nitrogens with zero attached hydrogens (tertiary/aromatic N) is 5. The van der Waals surface area contributed by atoms with Crippen LogP contribution in [-0.4, -0.2) is 29.8 Å². The predicted octanol–water partition coefficient (Wildman–Crippen LogP) is 3.14. The van der Waals surface area contributed by atoms with Gasteiger partial charge < -0.3 is 0 Å². The summed E-state index contributed by atoms with van der Waals surface area (Å²) >= 11 is 0. The predicted molar refractivity (Wildman–Crippen MR) is 98.9 cm³/mol. The molecule has 0 aliphatic carbocycles. The van der Waals surface area contributed by atoms with E-state index in [1.54, 1.807) is 0 Å². The standard InChI is InChI=1S/C19H28N6/c1-12-11-24(22-13(12)2)9-7-19-16(5)23-25(17(19)6)10-8-18-14(3)20-21-15(18)4/h11H,7-10H2,1-6H3,(H,20,21). The third-order valence-electron chi connectivity index (χ3n) is 5.17. The van der Waals surface area contributed by atoms with Crippen molar-refractivity contribution in [3.63, 3.8) is 0 Å². The van der Waals surface area contributed by atoms with Crippen LogP contribution in [0, 0.1) is 41.5 Å². The zero-order valence-electron chi connectivity index (χ0n) is 16.1. The summed E-state index contributed by atoms with van der Waals surface area (Å²) in [7, 11) is 0. The molecule has 0 saturated carbocycles. The van der Waals surface area contributed by atoms with Crippen molar-refractivity contribution < 1.29 is 0 Å². The molecule has 134 valence electrons. The minimum Gasteiger partial charge on any atom is -0.282 e. The number of hydrogen-bond acceptors (Lipinski definition) is 3. The summed E-state index contributed by atoms with van der Waals surface area (Å²) in [6, 6.07) is 0. The third-order valence-corrected chi connectivity index (χ3v) is 5.17. The molecule has 6 nitrogen and oxygen atoms in total. The minimum absolute atomic E-state index is 0.883. The molecule has 3 aromatic heterocycles. The Balaban J connectivity index is 1.70. The first-order valence-corrected chi connectivity index (χ1v) is 8.90. The number of aromatic nitrogens is 6. The molecule has 0 saturated heterocycles. The summed E-state index contributed by atoms with van der Waals surface area (Å²) in [5, 5.41) is 16.7. The Hall–Kier alpha value is -2.37. The van der Waals surface area contributed by atoms with Crippen molar-refractivity contribution in [2.45, 2.75) is 67.5 Å². The molecular formula is C19H28N6. The van der Waals surface area contributed by atoms with Gasteiger partial charge in [0.15, 0.2) is 0 Å². The molecule has 0 fully saturated rings. The maximum Gasteiger partial charge on any atom is 0.0629 e. The van der Waals surface area contributed by atoms with E-state index in [-0.39, 0.29) is 0 Å². The van der Waals surface area contributed by atoms with Crippen molar-refractivity contribution in [3.05, 3.63) is 51.4 Å². The van der Waals surface area contributed by atoms with Crippen molar-refractivity contribution in [1.29, 1.82) is 0 Å². The van der Waals surface area contributed by atoms with Crippen molar-refractivity contribution in [2.24, 2.45) is 0 Å². The molecule has 0 unspecified atom stereocenters. The molecule has 3 aromatic rings. The summed E-state index contributed by atoms with van der Waals surface area (Å²) in [5.74, 6) is 0. The van der Waals surface area contributed by atoms with E-state index in [0.717, 1.165) is 48.7 Å². The van der Waals surface area contributed by atoms with Gasteiger partial charge in [0.05, 0.1) is 17.1 Å². The average Bonchev–Trinajstić information content (AvgIpc) is 3.14. The van der Waals surface area contributed by atoms with Crippen LogP contribution in [0.1, 0.15) is 45.2 Å². The highest BCUT2D eigenvalue weighted by Gasteiger charge is 2.13. The highest BCUT2D eigenvalue weighted by atomic mass is 15.3. The lowest BCUT2D eigenvalue weighted by molar-refractivity contribution is 0.587. The summed E-state index contributed by atoms with van der Waals surface area (Å²) in [4.78, 5) is 0. The summed E-state index contributed by atoms with van der Waals surface area (Å²) in [5.41, 5.74) is 9.62. The molecule has 0 spiro atoms. The molecular weight excluding hydrogens is 312 g/mol. The molecule has 0 aliphatic heterocycles. The number of aromatic amines is 1. The van der Waals surface area contributed by atoms with E-state index in [4.69, 9.17) is 5.10 Å².